The Hall–Kier alpha value is -3.32. The monoisotopic (exact) mass is 352 g/mol. The van der Waals surface area contributed by atoms with Gasteiger partial charge in [-0.3, -0.25) is 0 Å². The minimum absolute atomic E-state index is 0.855. The first-order chi connectivity index (χ1) is 13.0. The lowest BCUT2D eigenvalue weighted by Gasteiger charge is -2.10. The van der Waals surface area contributed by atoms with E-state index in [1.165, 1.54) is 16.7 Å². The highest BCUT2D eigenvalue weighted by atomic mass is 16.3. The van der Waals surface area contributed by atoms with Crippen LogP contribution in [0.5, 0.6) is 0 Å². The van der Waals surface area contributed by atoms with Crippen LogP contribution in [0.25, 0.3) is 28.2 Å². The Morgan fingerprint density at radius 1 is 0.926 bits per heavy atom. The van der Waals surface area contributed by atoms with Gasteiger partial charge in [0.25, 0.3) is 0 Å². The number of rotatable bonds is 6. The second-order valence-electron chi connectivity index (χ2n) is 6.62. The van der Waals surface area contributed by atoms with Crippen LogP contribution >= 0.6 is 0 Å². The highest BCUT2D eigenvalue weighted by molar-refractivity contribution is 5.99. The number of hydrogen-bond acceptors (Lipinski definition) is 1. The van der Waals surface area contributed by atoms with Crippen LogP contribution in [0.4, 0.5) is 0 Å². The largest absolute Gasteiger partial charge is 0.463 e. The fraction of sp³-hybridized carbons (Fsp3) is 0.0769. The molecule has 0 spiro atoms. The average molecular weight is 352 g/mol. The van der Waals surface area contributed by atoms with Gasteiger partial charge in [0.1, 0.15) is 5.58 Å². The summed E-state index contributed by atoms with van der Waals surface area (Å²) >= 11 is 0. The highest BCUT2D eigenvalue weighted by Crippen LogP contribution is 2.36. The molecule has 0 N–H and O–H groups in total. The molecule has 0 saturated heterocycles. The predicted octanol–water partition coefficient (Wildman–Crippen LogP) is 7.58. The number of furan rings is 1. The maximum atomic E-state index is 6.00. The van der Waals surface area contributed by atoms with E-state index in [0.717, 1.165) is 33.2 Å². The van der Waals surface area contributed by atoms with E-state index in [-0.39, 0.29) is 0 Å². The fourth-order valence-electron chi connectivity index (χ4n) is 3.12. The van der Waals surface area contributed by atoms with E-state index in [2.05, 4.69) is 70.0 Å². The van der Waals surface area contributed by atoms with Crippen LogP contribution in [0.1, 0.15) is 16.7 Å². The first-order valence-corrected chi connectivity index (χ1v) is 8.95. The maximum absolute atomic E-state index is 6.00. The first kappa shape index (κ1) is 18.5. The summed E-state index contributed by atoms with van der Waals surface area (Å²) in [7, 11) is 0. The lowest BCUT2D eigenvalue weighted by molar-refractivity contribution is 0.615. The zero-order chi connectivity index (χ0) is 19.4. The Bertz CT molecular complexity index is 1090. The Labute approximate surface area is 161 Å². The second-order valence-corrected chi connectivity index (χ2v) is 6.62. The van der Waals surface area contributed by atoms with Gasteiger partial charge in [-0.2, -0.15) is 0 Å². The van der Waals surface area contributed by atoms with Gasteiger partial charge in [-0.05, 0) is 41.7 Å². The molecule has 0 radical (unpaired) electrons. The molecule has 0 amide bonds. The molecule has 0 atom stereocenters. The summed E-state index contributed by atoms with van der Waals surface area (Å²) in [6.07, 6.45) is 11.3. The van der Waals surface area contributed by atoms with Crippen LogP contribution < -0.4 is 0 Å². The molecule has 1 nitrogen and oxygen atoms in total. The normalized spacial score (nSPS) is 11.5. The van der Waals surface area contributed by atoms with Crippen molar-refractivity contribution in [3.8, 4) is 11.1 Å². The smallest absolute Gasteiger partial charge is 0.142 e. The van der Waals surface area contributed by atoms with E-state index in [4.69, 9.17) is 4.42 Å². The quantitative estimate of drug-likeness (QED) is 0.417. The van der Waals surface area contributed by atoms with Crippen molar-refractivity contribution >= 4 is 17.0 Å². The van der Waals surface area contributed by atoms with E-state index in [1.807, 2.05) is 24.3 Å². The summed E-state index contributed by atoms with van der Waals surface area (Å²) in [5.41, 5.74) is 8.46. The third kappa shape index (κ3) is 3.78. The van der Waals surface area contributed by atoms with Crippen LogP contribution in [-0.2, 0) is 0 Å². The summed E-state index contributed by atoms with van der Waals surface area (Å²) in [5, 5.41) is 1.09. The number of benzene rings is 2. The summed E-state index contributed by atoms with van der Waals surface area (Å²) in [6.45, 7) is 16.0. The van der Waals surface area contributed by atoms with Crippen molar-refractivity contribution in [2.75, 3.05) is 0 Å². The molecule has 0 bridgehead atoms. The Morgan fingerprint density at radius 2 is 1.67 bits per heavy atom. The van der Waals surface area contributed by atoms with Crippen molar-refractivity contribution in [3.63, 3.8) is 0 Å². The van der Waals surface area contributed by atoms with Crippen LogP contribution in [0.3, 0.4) is 0 Å². The highest BCUT2D eigenvalue weighted by Gasteiger charge is 2.14. The summed E-state index contributed by atoms with van der Waals surface area (Å²) in [4.78, 5) is 0. The van der Waals surface area contributed by atoms with Gasteiger partial charge < -0.3 is 4.42 Å². The molecule has 0 unspecified atom stereocenters. The summed E-state index contributed by atoms with van der Waals surface area (Å²) in [5.74, 6) is 0. The molecule has 0 aliphatic rings. The van der Waals surface area contributed by atoms with E-state index >= 15 is 0 Å². The van der Waals surface area contributed by atoms with Crippen molar-refractivity contribution in [1.29, 1.82) is 0 Å². The SMILES string of the molecule is C=C/C=C\C(=C)C(=C)/C=C\c1coc2c(-c3ccccc3C)c(C)ccc12. The zero-order valence-corrected chi connectivity index (χ0v) is 16.0. The third-order valence-electron chi connectivity index (χ3n) is 4.71. The average Bonchev–Trinajstić information content (AvgIpc) is 3.08. The van der Waals surface area contributed by atoms with E-state index in [0.29, 0.717) is 0 Å². The lowest BCUT2D eigenvalue weighted by atomic mass is 9.94. The van der Waals surface area contributed by atoms with Gasteiger partial charge in [0, 0.05) is 16.5 Å². The molecule has 134 valence electrons. The molecule has 1 heterocycles. The van der Waals surface area contributed by atoms with E-state index < -0.39 is 0 Å². The number of aryl methyl sites for hydroxylation is 2. The van der Waals surface area contributed by atoms with Crippen molar-refractivity contribution in [1.82, 2.24) is 0 Å². The van der Waals surface area contributed by atoms with Crippen molar-refractivity contribution in [2.24, 2.45) is 0 Å². The van der Waals surface area contributed by atoms with E-state index in [9.17, 15) is 0 Å². The number of hydrogen-bond donors (Lipinski definition) is 0. The molecule has 2 aromatic carbocycles. The molecule has 3 aromatic rings. The maximum Gasteiger partial charge on any atom is 0.142 e. The lowest BCUT2D eigenvalue weighted by Crippen LogP contribution is -1.87. The standard InChI is InChI=1S/C26H24O/c1-6-7-10-18(2)19(3)13-15-22-17-27-26-24(22)16-14-21(5)25(26)23-12-9-8-11-20(23)4/h6-17H,1-3H2,4-5H3/b10-7-,15-13-. The number of fused-ring (bicyclic) bond motifs is 1. The minimum atomic E-state index is 0.855. The van der Waals surface area contributed by atoms with Crippen molar-refractivity contribution in [3.05, 3.63) is 115 Å². The van der Waals surface area contributed by atoms with Crippen molar-refractivity contribution < 1.29 is 4.42 Å². The topological polar surface area (TPSA) is 13.1 Å². The van der Waals surface area contributed by atoms with Crippen LogP contribution in [0, 0.1) is 13.8 Å². The molecule has 3 rings (SSSR count). The van der Waals surface area contributed by atoms with Gasteiger partial charge in [0.05, 0.1) is 6.26 Å². The fourth-order valence-corrected chi connectivity index (χ4v) is 3.12. The molecular weight excluding hydrogens is 328 g/mol. The Kier molecular flexibility index (Phi) is 5.42. The second kappa shape index (κ2) is 7.92. The zero-order valence-electron chi connectivity index (χ0n) is 16.0. The van der Waals surface area contributed by atoms with E-state index in [1.54, 1.807) is 12.3 Å². The summed E-state index contributed by atoms with van der Waals surface area (Å²) in [6, 6.07) is 12.7. The third-order valence-corrected chi connectivity index (χ3v) is 4.71. The van der Waals surface area contributed by atoms with Gasteiger partial charge in [0.2, 0.25) is 0 Å². The Balaban J connectivity index is 2.02. The van der Waals surface area contributed by atoms with Gasteiger partial charge in [-0.1, -0.05) is 86.5 Å². The number of allylic oxidation sites excluding steroid dienone is 6. The molecule has 1 aromatic heterocycles. The van der Waals surface area contributed by atoms with Gasteiger partial charge in [-0.15, -0.1) is 0 Å². The van der Waals surface area contributed by atoms with Gasteiger partial charge in [-0.25, -0.2) is 0 Å². The first-order valence-electron chi connectivity index (χ1n) is 8.95. The molecule has 27 heavy (non-hydrogen) atoms. The van der Waals surface area contributed by atoms with Crippen LogP contribution in [-0.4, -0.2) is 0 Å². The molecule has 1 heteroatoms. The van der Waals surface area contributed by atoms with Crippen molar-refractivity contribution in [2.45, 2.75) is 13.8 Å². The molecule has 0 saturated carbocycles. The minimum Gasteiger partial charge on any atom is -0.463 e. The predicted molar refractivity (Wildman–Crippen MR) is 118 cm³/mol. The molecule has 0 aliphatic carbocycles. The van der Waals surface area contributed by atoms with Crippen LogP contribution in [0.15, 0.2) is 102 Å². The Morgan fingerprint density at radius 3 is 2.41 bits per heavy atom. The van der Waals surface area contributed by atoms with Gasteiger partial charge in [0.15, 0.2) is 0 Å². The molecule has 0 aliphatic heterocycles. The van der Waals surface area contributed by atoms with Gasteiger partial charge >= 0.3 is 0 Å². The molecule has 0 fully saturated rings. The van der Waals surface area contributed by atoms with Crippen LogP contribution in [0.2, 0.25) is 0 Å². The molecular formula is C26H24O. The summed E-state index contributed by atoms with van der Waals surface area (Å²) < 4.78 is 6.00.